The lowest BCUT2D eigenvalue weighted by Gasteiger charge is -2.35. The van der Waals surface area contributed by atoms with E-state index < -0.39 is 12.2 Å². The second-order valence-corrected chi connectivity index (χ2v) is 10.4. The second-order valence-electron chi connectivity index (χ2n) is 8.75. The Kier molecular flexibility index (Phi) is 5.65. The van der Waals surface area contributed by atoms with E-state index in [0.717, 1.165) is 0 Å². The van der Waals surface area contributed by atoms with Crippen molar-refractivity contribution in [2.24, 2.45) is 0 Å². The molecule has 3 nitrogen and oxygen atoms in total. The van der Waals surface area contributed by atoms with Crippen molar-refractivity contribution in [2.75, 3.05) is 0 Å². The molecule has 1 fully saturated rings. The molecule has 1 N–H and O–H groups in total. The van der Waals surface area contributed by atoms with Gasteiger partial charge >= 0.3 is 5.97 Å². The van der Waals surface area contributed by atoms with Gasteiger partial charge in [0.25, 0.3) is 0 Å². The van der Waals surface area contributed by atoms with Crippen LogP contribution in [0.3, 0.4) is 0 Å². The topological polar surface area (TPSA) is 46.5 Å². The predicted octanol–water partition coefficient (Wildman–Crippen LogP) is 5.61. The molecule has 0 saturated carbocycles. The van der Waals surface area contributed by atoms with E-state index in [0.29, 0.717) is 6.42 Å². The van der Waals surface area contributed by atoms with Crippen LogP contribution in [0, 0.1) is 13.8 Å². The number of hydrogen-bond donors (Lipinski definition) is 1. The van der Waals surface area contributed by atoms with E-state index in [9.17, 15) is 9.90 Å². The number of benzene rings is 2. The Morgan fingerprint density at radius 2 is 1.83 bits per heavy atom. The number of ether oxygens (including phenoxy) is 1. The molecule has 2 unspecified atom stereocenters. The average Bonchev–Trinajstić information content (AvgIpc) is 2.63. The standard InChI is InChI=1S/C26H28O3S/c1-16-11-17(2)13-18(12-16)25-21-7-5-6-8-23(21)30-26(3,4)22(25)10-9-20-14-19(27)15-24(28)29-20/h5-13,19-20,27H,14-15H2,1-4H3. The summed E-state index contributed by atoms with van der Waals surface area (Å²) in [5.74, 6) is -0.338. The van der Waals surface area contributed by atoms with E-state index in [1.54, 1.807) is 0 Å². The van der Waals surface area contributed by atoms with Crippen LogP contribution >= 0.6 is 11.8 Å². The largest absolute Gasteiger partial charge is 0.458 e. The highest BCUT2D eigenvalue weighted by Gasteiger charge is 2.34. The molecule has 0 aromatic heterocycles. The number of aliphatic hydroxyl groups excluding tert-OH is 1. The van der Waals surface area contributed by atoms with E-state index >= 15 is 0 Å². The molecule has 0 radical (unpaired) electrons. The predicted molar refractivity (Wildman–Crippen MR) is 123 cm³/mol. The van der Waals surface area contributed by atoms with Crippen LogP contribution in [-0.2, 0) is 9.53 Å². The van der Waals surface area contributed by atoms with Crippen LogP contribution in [0.2, 0.25) is 0 Å². The van der Waals surface area contributed by atoms with E-state index in [2.05, 4.69) is 76.2 Å². The van der Waals surface area contributed by atoms with Gasteiger partial charge in [-0.3, -0.25) is 4.79 Å². The van der Waals surface area contributed by atoms with Gasteiger partial charge in [-0.2, -0.15) is 0 Å². The van der Waals surface area contributed by atoms with Crippen LogP contribution in [-0.4, -0.2) is 28.0 Å². The van der Waals surface area contributed by atoms with Gasteiger partial charge in [0.05, 0.1) is 12.5 Å². The summed E-state index contributed by atoms with van der Waals surface area (Å²) in [7, 11) is 0. The Bertz CT molecular complexity index is 1030. The zero-order valence-corrected chi connectivity index (χ0v) is 18.8. The lowest BCUT2D eigenvalue weighted by molar-refractivity contribution is -0.156. The molecule has 2 aromatic carbocycles. The van der Waals surface area contributed by atoms with Crippen molar-refractivity contribution in [1.82, 2.24) is 0 Å². The minimum atomic E-state index is -0.636. The van der Waals surface area contributed by atoms with E-state index in [-0.39, 0.29) is 17.1 Å². The number of rotatable bonds is 3. The fraction of sp³-hybridized carbons (Fsp3) is 0.346. The smallest absolute Gasteiger partial charge is 0.309 e. The Balaban J connectivity index is 1.87. The molecule has 1 saturated heterocycles. The van der Waals surface area contributed by atoms with Crippen molar-refractivity contribution in [3.05, 3.63) is 82.4 Å². The zero-order valence-electron chi connectivity index (χ0n) is 17.9. The van der Waals surface area contributed by atoms with Gasteiger partial charge in [0, 0.05) is 16.1 Å². The number of fused-ring (bicyclic) bond motifs is 1. The van der Waals surface area contributed by atoms with Gasteiger partial charge in [-0.25, -0.2) is 0 Å². The number of carbonyl (C=O) groups is 1. The molecule has 0 amide bonds. The number of aryl methyl sites for hydroxylation is 2. The monoisotopic (exact) mass is 420 g/mol. The molecule has 0 aliphatic carbocycles. The van der Waals surface area contributed by atoms with Crippen molar-refractivity contribution < 1.29 is 14.6 Å². The molecule has 2 atom stereocenters. The molecule has 0 spiro atoms. The fourth-order valence-corrected chi connectivity index (χ4v) is 5.64. The number of allylic oxidation sites excluding steroid dienone is 1. The second kappa shape index (κ2) is 8.09. The molecule has 30 heavy (non-hydrogen) atoms. The molecule has 156 valence electrons. The number of cyclic esters (lactones) is 1. The van der Waals surface area contributed by atoms with Crippen LogP contribution in [0.15, 0.2) is 65.1 Å². The summed E-state index contributed by atoms with van der Waals surface area (Å²) in [4.78, 5) is 13.0. The first-order valence-electron chi connectivity index (χ1n) is 10.4. The number of aliphatic hydroxyl groups is 1. The third-order valence-electron chi connectivity index (χ3n) is 5.62. The third-order valence-corrected chi connectivity index (χ3v) is 6.92. The summed E-state index contributed by atoms with van der Waals surface area (Å²) in [6, 6.07) is 15.2. The van der Waals surface area contributed by atoms with Crippen LogP contribution in [0.1, 0.15) is 48.9 Å². The molecule has 2 aliphatic rings. The first-order chi connectivity index (χ1) is 14.2. The van der Waals surface area contributed by atoms with Gasteiger partial charge in [-0.15, -0.1) is 11.8 Å². The highest BCUT2D eigenvalue weighted by Crippen LogP contribution is 2.51. The maximum Gasteiger partial charge on any atom is 0.309 e. The van der Waals surface area contributed by atoms with Crippen LogP contribution in [0.25, 0.3) is 5.57 Å². The molecule has 4 rings (SSSR count). The van der Waals surface area contributed by atoms with E-state index in [1.165, 1.54) is 38.3 Å². The quantitative estimate of drug-likeness (QED) is 0.656. The number of esters is 1. The normalized spacial score (nSPS) is 23.4. The van der Waals surface area contributed by atoms with Crippen molar-refractivity contribution in [3.8, 4) is 0 Å². The SMILES string of the molecule is Cc1cc(C)cc(C2=C(C=CC3CC(O)CC(=O)O3)C(C)(C)Sc3ccccc32)c1. The average molecular weight is 421 g/mol. The minimum Gasteiger partial charge on any atom is -0.458 e. The summed E-state index contributed by atoms with van der Waals surface area (Å²) >= 11 is 1.85. The summed E-state index contributed by atoms with van der Waals surface area (Å²) in [6.45, 7) is 8.73. The summed E-state index contributed by atoms with van der Waals surface area (Å²) in [5.41, 5.74) is 7.32. The molecule has 4 heteroatoms. The highest BCUT2D eigenvalue weighted by molar-refractivity contribution is 8.01. The van der Waals surface area contributed by atoms with Crippen molar-refractivity contribution in [2.45, 2.75) is 62.4 Å². The molecule has 2 heterocycles. The number of thioether (sulfide) groups is 1. The third kappa shape index (κ3) is 4.26. The van der Waals surface area contributed by atoms with Gasteiger partial charge in [-0.05, 0) is 62.1 Å². The Labute approximate surface area is 182 Å². The zero-order chi connectivity index (χ0) is 21.5. The Morgan fingerprint density at radius 1 is 1.13 bits per heavy atom. The molecule has 2 aliphatic heterocycles. The van der Waals surface area contributed by atoms with Crippen molar-refractivity contribution in [3.63, 3.8) is 0 Å². The van der Waals surface area contributed by atoms with Gasteiger partial charge in [0.15, 0.2) is 0 Å². The summed E-state index contributed by atoms with van der Waals surface area (Å²) in [6.07, 6.45) is 3.53. The van der Waals surface area contributed by atoms with Crippen molar-refractivity contribution >= 4 is 23.3 Å². The first-order valence-corrected chi connectivity index (χ1v) is 11.2. The lowest BCUT2D eigenvalue weighted by atomic mass is 9.85. The first kappa shape index (κ1) is 21.0. The van der Waals surface area contributed by atoms with Gasteiger partial charge in [0.1, 0.15) is 6.10 Å². The van der Waals surface area contributed by atoms with E-state index in [1.807, 2.05) is 17.8 Å². The number of hydrogen-bond acceptors (Lipinski definition) is 4. The Hall–Kier alpha value is -2.30. The number of carbonyl (C=O) groups excluding carboxylic acids is 1. The van der Waals surface area contributed by atoms with Crippen LogP contribution < -0.4 is 0 Å². The fourth-order valence-electron chi connectivity index (χ4n) is 4.38. The highest BCUT2D eigenvalue weighted by atomic mass is 32.2. The lowest BCUT2D eigenvalue weighted by Crippen LogP contribution is -2.31. The Morgan fingerprint density at radius 3 is 2.53 bits per heavy atom. The van der Waals surface area contributed by atoms with Gasteiger partial charge < -0.3 is 9.84 Å². The molecular formula is C26H28O3S. The molecular weight excluding hydrogens is 392 g/mol. The van der Waals surface area contributed by atoms with Gasteiger partial charge in [-0.1, -0.05) is 53.6 Å². The molecule has 2 aromatic rings. The summed E-state index contributed by atoms with van der Waals surface area (Å²) in [5, 5.41) is 9.96. The van der Waals surface area contributed by atoms with Crippen LogP contribution in [0.4, 0.5) is 0 Å². The maximum absolute atomic E-state index is 11.8. The van der Waals surface area contributed by atoms with Crippen LogP contribution in [0.5, 0.6) is 0 Å². The van der Waals surface area contributed by atoms with Gasteiger partial charge in [0.2, 0.25) is 0 Å². The minimum absolute atomic E-state index is 0.0789. The molecule has 0 bridgehead atoms. The van der Waals surface area contributed by atoms with E-state index in [4.69, 9.17) is 4.74 Å². The maximum atomic E-state index is 11.8. The van der Waals surface area contributed by atoms with Crippen molar-refractivity contribution in [1.29, 1.82) is 0 Å². The summed E-state index contributed by atoms with van der Waals surface area (Å²) < 4.78 is 5.29.